The lowest BCUT2D eigenvalue weighted by Gasteiger charge is -2.08. The molecule has 0 aliphatic heterocycles. The highest BCUT2D eigenvalue weighted by Crippen LogP contribution is 2.22. The topological polar surface area (TPSA) is 26.3 Å². The van der Waals surface area contributed by atoms with Gasteiger partial charge in [0.2, 0.25) is 0 Å². The van der Waals surface area contributed by atoms with Gasteiger partial charge in [0.15, 0.2) is 5.78 Å². The lowest BCUT2D eigenvalue weighted by molar-refractivity contribution is 0.0990. The van der Waals surface area contributed by atoms with Gasteiger partial charge in [0.1, 0.15) is 5.75 Å². The van der Waals surface area contributed by atoms with E-state index in [-0.39, 0.29) is 5.78 Å². The molecular weight excluding hydrogens is 304 g/mol. The van der Waals surface area contributed by atoms with Crippen LogP contribution in [0.3, 0.4) is 0 Å². The zero-order valence-corrected chi connectivity index (χ0v) is 12.5. The fourth-order valence-electron chi connectivity index (χ4n) is 1.96. The predicted molar refractivity (Wildman–Crippen MR) is 79.9 cm³/mol. The van der Waals surface area contributed by atoms with Crippen molar-refractivity contribution in [2.45, 2.75) is 13.3 Å². The maximum absolute atomic E-state index is 12.3. The molecule has 3 heteroatoms. The monoisotopic (exact) mass is 318 g/mol. The highest BCUT2D eigenvalue weighted by Gasteiger charge is 2.13. The van der Waals surface area contributed by atoms with E-state index in [9.17, 15) is 4.79 Å². The Hall–Kier alpha value is -1.61. The zero-order valence-electron chi connectivity index (χ0n) is 10.9. The summed E-state index contributed by atoms with van der Waals surface area (Å²) in [5.41, 5.74) is 2.70. The molecule has 0 unspecified atom stereocenters. The Kier molecular flexibility index (Phi) is 4.38. The second-order valence-corrected chi connectivity index (χ2v) is 5.35. The summed E-state index contributed by atoms with van der Waals surface area (Å²) >= 11 is 3.41. The van der Waals surface area contributed by atoms with Crippen LogP contribution in [0.4, 0.5) is 0 Å². The Bertz CT molecular complexity index is 605. The molecule has 19 heavy (non-hydrogen) atoms. The van der Waals surface area contributed by atoms with Crippen molar-refractivity contribution >= 4 is 21.7 Å². The molecule has 2 rings (SSSR count). The summed E-state index contributed by atoms with van der Waals surface area (Å²) in [6, 6.07) is 13.4. The summed E-state index contributed by atoms with van der Waals surface area (Å²) in [4.78, 5) is 12.3. The summed E-state index contributed by atoms with van der Waals surface area (Å²) in [7, 11) is 1.59. The normalized spacial score (nSPS) is 10.3. The first-order valence-corrected chi connectivity index (χ1v) is 6.81. The Morgan fingerprint density at radius 2 is 2.00 bits per heavy atom. The third-order valence-electron chi connectivity index (χ3n) is 2.91. The number of carbonyl (C=O) groups excluding carboxylic acids is 1. The fourth-order valence-corrected chi connectivity index (χ4v) is 2.40. The van der Waals surface area contributed by atoms with Crippen LogP contribution in [0.15, 0.2) is 46.9 Å². The van der Waals surface area contributed by atoms with E-state index in [4.69, 9.17) is 4.74 Å². The Morgan fingerprint density at radius 3 is 2.68 bits per heavy atom. The van der Waals surface area contributed by atoms with Crippen molar-refractivity contribution in [1.29, 1.82) is 0 Å². The number of rotatable bonds is 4. The third-order valence-corrected chi connectivity index (χ3v) is 3.40. The number of hydrogen-bond donors (Lipinski definition) is 0. The summed E-state index contributed by atoms with van der Waals surface area (Å²) in [5.74, 6) is 0.704. The van der Waals surface area contributed by atoms with E-state index in [0.717, 1.165) is 15.6 Å². The lowest BCUT2D eigenvalue weighted by Crippen LogP contribution is -2.06. The van der Waals surface area contributed by atoms with Gasteiger partial charge in [-0.3, -0.25) is 4.79 Å². The van der Waals surface area contributed by atoms with E-state index < -0.39 is 0 Å². The minimum absolute atomic E-state index is 0.0648. The van der Waals surface area contributed by atoms with Crippen LogP contribution >= 0.6 is 15.9 Å². The average Bonchev–Trinajstić information content (AvgIpc) is 2.38. The van der Waals surface area contributed by atoms with Crippen molar-refractivity contribution in [2.24, 2.45) is 0 Å². The number of carbonyl (C=O) groups is 1. The van der Waals surface area contributed by atoms with Crippen LogP contribution in [0.5, 0.6) is 5.75 Å². The predicted octanol–water partition coefficient (Wildman–Crippen LogP) is 4.19. The number of hydrogen-bond acceptors (Lipinski definition) is 2. The quantitative estimate of drug-likeness (QED) is 0.790. The standard InChI is InChI=1S/C16H15BrO2/c1-11-6-7-14(16(8-11)19-2)15(18)10-12-4-3-5-13(17)9-12/h3-9H,10H2,1-2H3. The van der Waals surface area contributed by atoms with Crippen LogP contribution in [-0.2, 0) is 6.42 Å². The van der Waals surface area contributed by atoms with E-state index in [2.05, 4.69) is 15.9 Å². The first-order valence-electron chi connectivity index (χ1n) is 6.02. The second-order valence-electron chi connectivity index (χ2n) is 4.43. The highest BCUT2D eigenvalue weighted by atomic mass is 79.9. The molecule has 0 aromatic heterocycles. The minimum atomic E-state index is 0.0648. The average molecular weight is 319 g/mol. The molecule has 2 aromatic carbocycles. The number of ketones is 1. The largest absolute Gasteiger partial charge is 0.496 e. The van der Waals surface area contributed by atoms with Gasteiger partial charge in [-0.25, -0.2) is 0 Å². The molecule has 0 saturated heterocycles. The smallest absolute Gasteiger partial charge is 0.170 e. The summed E-state index contributed by atoms with van der Waals surface area (Å²) < 4.78 is 6.26. The molecule has 0 atom stereocenters. The molecular formula is C16H15BrO2. The third kappa shape index (κ3) is 3.44. The number of benzene rings is 2. The summed E-state index contributed by atoms with van der Waals surface area (Å²) in [6.07, 6.45) is 0.374. The van der Waals surface area contributed by atoms with E-state index in [0.29, 0.717) is 17.7 Å². The van der Waals surface area contributed by atoms with Crippen LogP contribution in [0, 0.1) is 6.92 Å². The molecule has 0 N–H and O–H groups in total. The van der Waals surface area contributed by atoms with Gasteiger partial charge in [0, 0.05) is 10.9 Å². The molecule has 0 saturated carbocycles. The zero-order chi connectivity index (χ0) is 13.8. The lowest BCUT2D eigenvalue weighted by atomic mass is 10.0. The second kappa shape index (κ2) is 6.02. The van der Waals surface area contributed by atoms with Gasteiger partial charge in [-0.05, 0) is 42.3 Å². The van der Waals surface area contributed by atoms with Gasteiger partial charge >= 0.3 is 0 Å². The maximum atomic E-state index is 12.3. The molecule has 0 amide bonds. The molecule has 0 bridgehead atoms. The minimum Gasteiger partial charge on any atom is -0.496 e. The van der Waals surface area contributed by atoms with E-state index in [1.54, 1.807) is 7.11 Å². The van der Waals surface area contributed by atoms with Gasteiger partial charge in [-0.2, -0.15) is 0 Å². The van der Waals surface area contributed by atoms with Crippen LogP contribution in [0.25, 0.3) is 0 Å². The molecule has 98 valence electrons. The van der Waals surface area contributed by atoms with Gasteiger partial charge in [-0.1, -0.05) is 34.1 Å². The molecule has 0 radical (unpaired) electrons. The van der Waals surface area contributed by atoms with Crippen molar-refractivity contribution in [3.8, 4) is 5.75 Å². The summed E-state index contributed by atoms with van der Waals surface area (Å²) in [5, 5.41) is 0. The molecule has 0 heterocycles. The van der Waals surface area contributed by atoms with Crippen LogP contribution in [0.2, 0.25) is 0 Å². The van der Waals surface area contributed by atoms with E-state index in [1.807, 2.05) is 49.4 Å². The molecule has 0 spiro atoms. The first-order chi connectivity index (χ1) is 9.10. The number of aryl methyl sites for hydroxylation is 1. The van der Waals surface area contributed by atoms with E-state index >= 15 is 0 Å². The summed E-state index contributed by atoms with van der Waals surface area (Å²) in [6.45, 7) is 1.98. The molecule has 0 aliphatic rings. The van der Waals surface area contributed by atoms with Crippen LogP contribution in [-0.4, -0.2) is 12.9 Å². The fraction of sp³-hybridized carbons (Fsp3) is 0.188. The van der Waals surface area contributed by atoms with Crippen molar-refractivity contribution in [3.63, 3.8) is 0 Å². The van der Waals surface area contributed by atoms with Gasteiger partial charge in [0.05, 0.1) is 12.7 Å². The first kappa shape index (κ1) is 13.8. The Morgan fingerprint density at radius 1 is 1.21 bits per heavy atom. The van der Waals surface area contributed by atoms with E-state index in [1.165, 1.54) is 0 Å². The Balaban J connectivity index is 2.25. The molecule has 2 aromatic rings. The molecule has 0 fully saturated rings. The maximum Gasteiger partial charge on any atom is 0.170 e. The van der Waals surface area contributed by atoms with Crippen molar-refractivity contribution in [1.82, 2.24) is 0 Å². The van der Waals surface area contributed by atoms with Crippen LogP contribution in [0.1, 0.15) is 21.5 Å². The van der Waals surface area contributed by atoms with Crippen molar-refractivity contribution in [2.75, 3.05) is 7.11 Å². The van der Waals surface area contributed by atoms with Gasteiger partial charge in [0.25, 0.3) is 0 Å². The SMILES string of the molecule is COc1cc(C)ccc1C(=O)Cc1cccc(Br)c1. The number of halogens is 1. The Labute approximate surface area is 121 Å². The number of Topliss-reactive ketones (excluding diaryl/α,β-unsaturated/α-hetero) is 1. The van der Waals surface area contributed by atoms with Gasteiger partial charge < -0.3 is 4.74 Å². The molecule has 2 nitrogen and oxygen atoms in total. The number of methoxy groups -OCH3 is 1. The highest BCUT2D eigenvalue weighted by molar-refractivity contribution is 9.10. The van der Waals surface area contributed by atoms with Crippen LogP contribution < -0.4 is 4.74 Å². The number of ether oxygens (including phenoxy) is 1. The van der Waals surface area contributed by atoms with Crippen molar-refractivity contribution < 1.29 is 9.53 Å². The van der Waals surface area contributed by atoms with Crippen molar-refractivity contribution in [3.05, 3.63) is 63.6 Å². The van der Waals surface area contributed by atoms with Gasteiger partial charge in [-0.15, -0.1) is 0 Å². The molecule has 0 aliphatic carbocycles.